The zero-order chi connectivity index (χ0) is 17.9. The van der Waals surface area contributed by atoms with Gasteiger partial charge in [-0.1, -0.05) is 30.3 Å². The second kappa shape index (κ2) is 7.00. The van der Waals surface area contributed by atoms with Gasteiger partial charge in [0, 0.05) is 36.8 Å². The van der Waals surface area contributed by atoms with E-state index in [2.05, 4.69) is 40.5 Å². The third-order valence-corrected chi connectivity index (χ3v) is 4.36. The first-order valence-electron chi connectivity index (χ1n) is 8.55. The molecule has 126 valence electrons. The number of rotatable bonds is 5. The van der Waals surface area contributed by atoms with Gasteiger partial charge in [0.25, 0.3) is 0 Å². The number of nitrogens with one attached hydrogen (secondary N) is 1. The van der Waals surface area contributed by atoms with E-state index in [4.69, 9.17) is 12.8 Å². The van der Waals surface area contributed by atoms with E-state index < -0.39 is 0 Å². The molecule has 0 aliphatic carbocycles. The lowest BCUT2D eigenvalue weighted by Gasteiger charge is -2.12. The highest BCUT2D eigenvalue weighted by Gasteiger charge is 2.11. The normalized spacial score (nSPS) is 11.0. The number of nitrogens with zero attached hydrogens (tertiary/aromatic N) is 4. The van der Waals surface area contributed by atoms with Crippen molar-refractivity contribution in [3.05, 3.63) is 72.2 Å². The minimum atomic E-state index is 0.566. The Balaban J connectivity index is 1.68. The molecular formula is C20H18BN5. The predicted octanol–water partition coefficient (Wildman–Crippen LogP) is 2.55. The molecule has 0 aliphatic heterocycles. The molecule has 0 spiro atoms. The van der Waals surface area contributed by atoms with Crippen LogP contribution in [-0.2, 0) is 6.42 Å². The molecule has 26 heavy (non-hydrogen) atoms. The van der Waals surface area contributed by atoms with Crippen LogP contribution < -0.4 is 10.8 Å². The molecule has 0 saturated carbocycles. The predicted molar refractivity (Wildman–Crippen MR) is 105 cm³/mol. The summed E-state index contributed by atoms with van der Waals surface area (Å²) in [6.45, 7) is 2.84. The Labute approximate surface area is 153 Å². The molecule has 0 amide bonds. The van der Waals surface area contributed by atoms with Gasteiger partial charge in [0.15, 0.2) is 5.65 Å². The fraction of sp³-hybridized carbons (Fsp3) is 0.150. The van der Waals surface area contributed by atoms with Crippen LogP contribution in [0.5, 0.6) is 0 Å². The summed E-state index contributed by atoms with van der Waals surface area (Å²) in [7, 11) is 6.07. The van der Waals surface area contributed by atoms with E-state index in [1.165, 1.54) is 11.1 Å². The number of aryl methyl sites for hydroxylation is 1. The Bertz CT molecular complexity index is 1040. The summed E-state index contributed by atoms with van der Waals surface area (Å²) in [4.78, 5) is 8.87. The number of hydrogen-bond donors (Lipinski definition) is 1. The van der Waals surface area contributed by atoms with Gasteiger partial charge in [0.2, 0.25) is 0 Å². The quantitative estimate of drug-likeness (QED) is 0.568. The van der Waals surface area contributed by atoms with Crippen molar-refractivity contribution < 1.29 is 0 Å². The van der Waals surface area contributed by atoms with Gasteiger partial charge in [0.05, 0.1) is 5.69 Å². The van der Waals surface area contributed by atoms with Crippen LogP contribution in [0.2, 0.25) is 0 Å². The number of hydrogen-bond acceptors (Lipinski definition) is 4. The topological polar surface area (TPSA) is 55.1 Å². The number of pyridine rings is 1. The average Bonchev–Trinajstić information content (AvgIpc) is 3.04. The summed E-state index contributed by atoms with van der Waals surface area (Å²) in [5.74, 6) is 0.869. The fourth-order valence-electron chi connectivity index (χ4n) is 2.98. The molecule has 6 heteroatoms. The Kier molecular flexibility index (Phi) is 4.40. The van der Waals surface area contributed by atoms with E-state index >= 15 is 0 Å². The van der Waals surface area contributed by atoms with Crippen molar-refractivity contribution in [1.82, 2.24) is 19.6 Å². The molecule has 0 saturated heterocycles. The van der Waals surface area contributed by atoms with E-state index in [9.17, 15) is 0 Å². The SMILES string of the molecule is [B]c1cnn2c(NCCc3cccnc3)cc(-c3ccccc3C)nc12. The fourth-order valence-corrected chi connectivity index (χ4v) is 2.98. The Morgan fingerprint density at radius 2 is 2.00 bits per heavy atom. The van der Waals surface area contributed by atoms with Crippen molar-refractivity contribution in [1.29, 1.82) is 0 Å². The molecule has 4 rings (SSSR count). The van der Waals surface area contributed by atoms with Gasteiger partial charge >= 0.3 is 0 Å². The lowest BCUT2D eigenvalue weighted by atomic mass is 10.00. The lowest BCUT2D eigenvalue weighted by Crippen LogP contribution is -2.12. The van der Waals surface area contributed by atoms with Crippen molar-refractivity contribution in [2.75, 3.05) is 11.9 Å². The summed E-state index contributed by atoms with van der Waals surface area (Å²) in [5, 5.41) is 7.81. The monoisotopic (exact) mass is 339 g/mol. The van der Waals surface area contributed by atoms with Gasteiger partial charge < -0.3 is 5.32 Å². The molecule has 0 bridgehead atoms. The molecule has 0 unspecified atom stereocenters. The third kappa shape index (κ3) is 3.18. The van der Waals surface area contributed by atoms with Crippen LogP contribution in [0, 0.1) is 6.92 Å². The second-order valence-corrected chi connectivity index (χ2v) is 6.21. The van der Waals surface area contributed by atoms with Gasteiger partial charge in [-0.05, 0) is 36.0 Å². The van der Waals surface area contributed by atoms with Crippen molar-refractivity contribution in [2.45, 2.75) is 13.3 Å². The molecule has 2 radical (unpaired) electrons. The smallest absolute Gasteiger partial charge is 0.150 e. The van der Waals surface area contributed by atoms with Crippen LogP contribution in [-0.4, -0.2) is 34.0 Å². The highest BCUT2D eigenvalue weighted by Crippen LogP contribution is 2.24. The molecule has 0 aliphatic rings. The molecule has 5 nitrogen and oxygen atoms in total. The summed E-state index contributed by atoms with van der Waals surface area (Å²) in [6.07, 6.45) is 6.17. The highest BCUT2D eigenvalue weighted by molar-refractivity contribution is 6.36. The minimum absolute atomic E-state index is 0.566. The van der Waals surface area contributed by atoms with Crippen LogP contribution >= 0.6 is 0 Å². The maximum Gasteiger partial charge on any atom is 0.150 e. The minimum Gasteiger partial charge on any atom is -0.370 e. The first-order chi connectivity index (χ1) is 12.7. The van der Waals surface area contributed by atoms with E-state index in [1.54, 1.807) is 16.9 Å². The molecule has 4 aromatic rings. The second-order valence-electron chi connectivity index (χ2n) is 6.21. The number of benzene rings is 1. The van der Waals surface area contributed by atoms with Crippen LogP contribution in [0.3, 0.4) is 0 Å². The van der Waals surface area contributed by atoms with Crippen LogP contribution in [0.25, 0.3) is 16.9 Å². The van der Waals surface area contributed by atoms with Crippen LogP contribution in [0.1, 0.15) is 11.1 Å². The lowest BCUT2D eigenvalue weighted by molar-refractivity contribution is 0.912. The number of aromatic nitrogens is 4. The third-order valence-electron chi connectivity index (χ3n) is 4.36. The molecule has 0 fully saturated rings. The van der Waals surface area contributed by atoms with E-state index in [1.807, 2.05) is 30.5 Å². The van der Waals surface area contributed by atoms with E-state index in [0.717, 1.165) is 30.0 Å². The van der Waals surface area contributed by atoms with E-state index in [-0.39, 0.29) is 0 Å². The maximum absolute atomic E-state index is 6.07. The summed E-state index contributed by atoms with van der Waals surface area (Å²) >= 11 is 0. The van der Waals surface area contributed by atoms with Crippen molar-refractivity contribution in [3.63, 3.8) is 0 Å². The number of fused-ring (bicyclic) bond motifs is 1. The number of anilines is 1. The van der Waals surface area contributed by atoms with Gasteiger partial charge in [-0.2, -0.15) is 9.61 Å². The largest absolute Gasteiger partial charge is 0.370 e. The van der Waals surface area contributed by atoms with Gasteiger partial charge in [-0.3, -0.25) is 4.98 Å². The Morgan fingerprint density at radius 3 is 2.81 bits per heavy atom. The first kappa shape index (κ1) is 16.3. The maximum atomic E-state index is 6.07. The van der Waals surface area contributed by atoms with Gasteiger partial charge in [0.1, 0.15) is 13.7 Å². The van der Waals surface area contributed by atoms with Crippen molar-refractivity contribution in [3.8, 4) is 11.3 Å². The van der Waals surface area contributed by atoms with Crippen LogP contribution in [0.15, 0.2) is 61.1 Å². The Morgan fingerprint density at radius 1 is 1.12 bits per heavy atom. The summed E-state index contributed by atoms with van der Waals surface area (Å²) in [5.41, 5.74) is 5.55. The molecule has 1 aromatic carbocycles. The Hall–Kier alpha value is -3.15. The molecule has 0 atom stereocenters. The molecular weight excluding hydrogens is 321 g/mol. The summed E-state index contributed by atoms with van der Waals surface area (Å²) < 4.78 is 1.75. The molecule has 3 aromatic heterocycles. The zero-order valence-electron chi connectivity index (χ0n) is 14.6. The van der Waals surface area contributed by atoms with Crippen molar-refractivity contribution >= 4 is 24.8 Å². The van der Waals surface area contributed by atoms with Gasteiger partial charge in [-0.25, -0.2) is 4.98 Å². The van der Waals surface area contributed by atoms with Crippen LogP contribution in [0.4, 0.5) is 5.82 Å². The molecule has 3 heterocycles. The summed E-state index contributed by atoms with van der Waals surface area (Å²) in [6, 6.07) is 14.2. The zero-order valence-corrected chi connectivity index (χ0v) is 14.6. The van der Waals surface area contributed by atoms with Crippen molar-refractivity contribution in [2.24, 2.45) is 0 Å². The molecule has 1 N–H and O–H groups in total. The first-order valence-corrected chi connectivity index (χ1v) is 8.55. The average molecular weight is 339 g/mol. The van der Waals surface area contributed by atoms with Gasteiger partial charge in [-0.15, -0.1) is 0 Å². The highest BCUT2D eigenvalue weighted by atomic mass is 15.3. The van der Waals surface area contributed by atoms with E-state index in [0.29, 0.717) is 11.1 Å². The standard InChI is InChI=1S/C20H18BN5/c1-14-5-2-3-7-16(14)18-11-19(26-20(25-18)17(21)13-24-26)23-10-8-15-6-4-9-22-12-15/h2-7,9,11-13,23H,8,10H2,1H3.